The summed E-state index contributed by atoms with van der Waals surface area (Å²) in [6.45, 7) is 12.4. The molecule has 224 valence electrons. The average Bonchev–Trinajstić information content (AvgIpc) is 2.95. The molecule has 1 amide bonds. The van der Waals surface area contributed by atoms with Gasteiger partial charge < -0.3 is 14.6 Å². The lowest BCUT2D eigenvalue weighted by molar-refractivity contribution is -0.121. The molecular weight excluding hydrogens is 540 g/mol. The molecule has 4 aromatic carbocycles. The zero-order valence-corrected chi connectivity index (χ0v) is 25.9. The summed E-state index contributed by atoms with van der Waals surface area (Å²) in [5.41, 5.74) is 5.95. The van der Waals surface area contributed by atoms with Gasteiger partial charge >= 0.3 is 5.97 Å². The number of aromatic hydroxyl groups is 1. The fourth-order valence-corrected chi connectivity index (χ4v) is 4.88. The molecule has 0 spiro atoms. The van der Waals surface area contributed by atoms with Crippen LogP contribution in [0.3, 0.4) is 0 Å². The van der Waals surface area contributed by atoms with Crippen molar-refractivity contribution in [2.75, 3.05) is 7.11 Å². The molecule has 7 heteroatoms. The van der Waals surface area contributed by atoms with Crippen LogP contribution < -0.4 is 14.9 Å². The number of phenols is 1. The maximum atomic E-state index is 13.0. The molecule has 0 atom stereocenters. The van der Waals surface area contributed by atoms with Crippen molar-refractivity contribution in [3.05, 3.63) is 101 Å². The molecule has 2 N–H and O–H groups in total. The third-order valence-electron chi connectivity index (χ3n) is 7.23. The molecular formula is C36H40N2O5. The topological polar surface area (TPSA) is 97.2 Å². The Bertz CT molecular complexity index is 1640. The zero-order chi connectivity index (χ0) is 31.4. The molecule has 4 aromatic rings. The minimum Gasteiger partial charge on any atom is -0.507 e. The van der Waals surface area contributed by atoms with Gasteiger partial charge in [0.25, 0.3) is 0 Å². The predicted octanol–water partition coefficient (Wildman–Crippen LogP) is 7.45. The number of carbonyl (C=O) groups is 2. The Balaban J connectivity index is 1.40. The van der Waals surface area contributed by atoms with Crippen molar-refractivity contribution in [2.24, 2.45) is 5.10 Å². The highest BCUT2D eigenvalue weighted by Crippen LogP contribution is 2.40. The van der Waals surface area contributed by atoms with Crippen molar-refractivity contribution in [1.82, 2.24) is 5.43 Å². The summed E-state index contributed by atoms with van der Waals surface area (Å²) >= 11 is 0. The van der Waals surface area contributed by atoms with Crippen LogP contribution >= 0.6 is 0 Å². The third-order valence-corrected chi connectivity index (χ3v) is 7.23. The SMILES string of the molecule is COc1cc(/C=N\NC(=O)CCc2cc(C(C)(C)C)c(O)c(C(C)(C)C)c2)ccc1OC(=O)c1cccc2ccccc12. The van der Waals surface area contributed by atoms with Crippen LogP contribution in [-0.2, 0) is 22.0 Å². The third kappa shape index (κ3) is 7.60. The highest BCUT2D eigenvalue weighted by Gasteiger charge is 2.26. The Labute approximate surface area is 253 Å². The number of carbonyl (C=O) groups excluding carboxylic acids is 2. The van der Waals surface area contributed by atoms with Gasteiger partial charge in [-0.15, -0.1) is 0 Å². The minimum absolute atomic E-state index is 0.230. The number of fused-ring (bicyclic) bond motifs is 1. The number of nitrogens with zero attached hydrogens (tertiary/aromatic N) is 1. The lowest BCUT2D eigenvalue weighted by atomic mass is 9.78. The summed E-state index contributed by atoms with van der Waals surface area (Å²) in [6.07, 6.45) is 2.26. The van der Waals surface area contributed by atoms with Gasteiger partial charge in [-0.05, 0) is 74.5 Å². The molecule has 0 aliphatic heterocycles. The van der Waals surface area contributed by atoms with E-state index in [-0.39, 0.29) is 28.9 Å². The molecule has 0 aliphatic rings. The van der Waals surface area contributed by atoms with Gasteiger partial charge in [0, 0.05) is 6.42 Å². The fourth-order valence-electron chi connectivity index (χ4n) is 4.88. The number of esters is 1. The first-order chi connectivity index (χ1) is 20.3. The van der Waals surface area contributed by atoms with Crippen molar-refractivity contribution in [2.45, 2.75) is 65.2 Å². The second-order valence-corrected chi connectivity index (χ2v) is 12.7. The molecule has 43 heavy (non-hydrogen) atoms. The van der Waals surface area contributed by atoms with E-state index in [1.54, 1.807) is 24.3 Å². The number of hydrazone groups is 1. The molecule has 7 nitrogen and oxygen atoms in total. The normalized spacial score (nSPS) is 12.0. The van der Waals surface area contributed by atoms with Crippen LogP contribution in [0.5, 0.6) is 17.2 Å². The van der Waals surface area contributed by atoms with Crippen molar-refractivity contribution >= 4 is 28.9 Å². The fraction of sp³-hybridized carbons (Fsp3) is 0.306. The quantitative estimate of drug-likeness (QED) is 0.0976. The molecule has 0 saturated heterocycles. The van der Waals surface area contributed by atoms with E-state index in [4.69, 9.17) is 9.47 Å². The molecule has 0 saturated carbocycles. The van der Waals surface area contributed by atoms with Gasteiger partial charge in [-0.3, -0.25) is 4.79 Å². The van der Waals surface area contributed by atoms with Gasteiger partial charge in [-0.1, -0.05) is 90.1 Å². The predicted molar refractivity (Wildman–Crippen MR) is 171 cm³/mol. The van der Waals surface area contributed by atoms with Crippen molar-refractivity contribution < 1.29 is 24.2 Å². The second kappa shape index (κ2) is 12.7. The molecule has 0 aliphatic carbocycles. The Morgan fingerprint density at radius 3 is 2.16 bits per heavy atom. The van der Waals surface area contributed by atoms with Gasteiger partial charge in [0.15, 0.2) is 11.5 Å². The summed E-state index contributed by atoms with van der Waals surface area (Å²) in [5, 5.41) is 16.8. The number of aryl methyl sites for hydroxylation is 1. The maximum absolute atomic E-state index is 13.0. The van der Waals surface area contributed by atoms with Crippen LogP contribution in [0.15, 0.2) is 77.9 Å². The van der Waals surface area contributed by atoms with E-state index in [1.807, 2.05) is 48.5 Å². The average molecular weight is 581 g/mol. The Morgan fingerprint density at radius 2 is 1.51 bits per heavy atom. The molecule has 0 heterocycles. The van der Waals surface area contributed by atoms with Crippen LogP contribution in [0.1, 0.15) is 80.6 Å². The van der Waals surface area contributed by atoms with Gasteiger partial charge in [-0.25, -0.2) is 10.2 Å². The van der Waals surface area contributed by atoms with Crippen LogP contribution in [0.4, 0.5) is 0 Å². The lowest BCUT2D eigenvalue weighted by Gasteiger charge is -2.28. The largest absolute Gasteiger partial charge is 0.507 e. The first-order valence-corrected chi connectivity index (χ1v) is 14.3. The number of benzene rings is 4. The molecule has 0 aromatic heterocycles. The van der Waals surface area contributed by atoms with Crippen molar-refractivity contribution in [3.63, 3.8) is 0 Å². The number of amides is 1. The number of ether oxygens (including phenoxy) is 2. The smallest absolute Gasteiger partial charge is 0.344 e. The zero-order valence-electron chi connectivity index (χ0n) is 25.9. The van der Waals surface area contributed by atoms with E-state index in [0.717, 1.165) is 27.5 Å². The van der Waals surface area contributed by atoms with E-state index >= 15 is 0 Å². The molecule has 0 fully saturated rings. The standard InChI is InChI=1S/C36H40N2O5/c1-35(2,3)28-19-23(20-29(33(28)40)36(4,5)6)16-18-32(39)38-37-22-24-15-17-30(31(21-24)42-7)43-34(41)27-14-10-12-25-11-8-9-13-26(25)27/h8-15,17,19-22,40H,16,18H2,1-7H3,(H,38,39)/b37-22-. The summed E-state index contributed by atoms with van der Waals surface area (Å²) in [5.74, 6) is 0.246. The molecule has 0 unspecified atom stereocenters. The highest BCUT2D eigenvalue weighted by molar-refractivity contribution is 6.05. The Morgan fingerprint density at radius 1 is 0.860 bits per heavy atom. The summed E-state index contributed by atoms with van der Waals surface area (Å²) in [7, 11) is 1.49. The van der Waals surface area contributed by atoms with E-state index < -0.39 is 5.97 Å². The number of nitrogens with one attached hydrogen (secondary N) is 1. The minimum atomic E-state index is -0.485. The first kappa shape index (κ1) is 31.3. The van der Waals surface area contributed by atoms with Gasteiger partial charge in [0.2, 0.25) is 5.91 Å². The van der Waals surface area contributed by atoms with E-state index in [1.165, 1.54) is 13.3 Å². The molecule has 4 rings (SSSR count). The first-order valence-electron chi connectivity index (χ1n) is 14.3. The van der Waals surface area contributed by atoms with E-state index in [2.05, 4.69) is 52.1 Å². The van der Waals surface area contributed by atoms with Crippen LogP contribution in [0, 0.1) is 0 Å². The second-order valence-electron chi connectivity index (χ2n) is 12.7. The number of hydrogen-bond acceptors (Lipinski definition) is 6. The van der Waals surface area contributed by atoms with Crippen LogP contribution in [0.25, 0.3) is 10.8 Å². The summed E-state index contributed by atoms with van der Waals surface area (Å²) in [4.78, 5) is 25.6. The number of hydrogen-bond donors (Lipinski definition) is 2. The number of phenolic OH excluding ortho intramolecular Hbond substituents is 1. The van der Waals surface area contributed by atoms with E-state index in [0.29, 0.717) is 29.0 Å². The lowest BCUT2D eigenvalue weighted by Crippen LogP contribution is -2.20. The monoisotopic (exact) mass is 580 g/mol. The molecule has 0 bridgehead atoms. The Kier molecular flexibility index (Phi) is 9.24. The number of methoxy groups -OCH3 is 1. The van der Waals surface area contributed by atoms with Gasteiger partial charge in [0.1, 0.15) is 5.75 Å². The maximum Gasteiger partial charge on any atom is 0.344 e. The van der Waals surface area contributed by atoms with Gasteiger partial charge in [-0.2, -0.15) is 5.10 Å². The summed E-state index contributed by atoms with van der Waals surface area (Å²) < 4.78 is 11.1. The Hall–Kier alpha value is -4.65. The van der Waals surface area contributed by atoms with Gasteiger partial charge in [0.05, 0.1) is 18.9 Å². The molecule has 0 radical (unpaired) electrons. The number of rotatable bonds is 8. The highest BCUT2D eigenvalue weighted by atomic mass is 16.6. The van der Waals surface area contributed by atoms with Crippen LogP contribution in [-0.4, -0.2) is 30.3 Å². The van der Waals surface area contributed by atoms with Crippen LogP contribution in [0.2, 0.25) is 0 Å². The van der Waals surface area contributed by atoms with E-state index in [9.17, 15) is 14.7 Å². The summed E-state index contributed by atoms with van der Waals surface area (Å²) in [6, 6.07) is 22.1. The van der Waals surface area contributed by atoms with Crippen molar-refractivity contribution in [1.29, 1.82) is 0 Å². The van der Waals surface area contributed by atoms with Crippen molar-refractivity contribution in [3.8, 4) is 17.2 Å².